The highest BCUT2D eigenvalue weighted by atomic mass is 32.2. The van der Waals surface area contributed by atoms with Crippen LogP contribution in [-0.4, -0.2) is 11.3 Å². The smallest absolute Gasteiger partial charge is 0.207 e. The third kappa shape index (κ3) is 4.89. The maximum absolute atomic E-state index is 13.2. The Morgan fingerprint density at radius 2 is 1.48 bits per heavy atom. The highest BCUT2D eigenvalue weighted by Crippen LogP contribution is 2.33. The molecule has 0 N–H and O–H groups in total. The van der Waals surface area contributed by atoms with E-state index in [1.807, 2.05) is 111 Å². The molecule has 0 aliphatic rings. The van der Waals surface area contributed by atoms with Gasteiger partial charge < -0.3 is 14.1 Å². The van der Waals surface area contributed by atoms with Crippen LogP contribution in [0.5, 0.6) is 5.75 Å². The second kappa shape index (κ2) is 9.23. The lowest BCUT2D eigenvalue weighted by molar-refractivity contribution is 0.305. The number of rotatable bonds is 7. The molecule has 3 aromatic carbocycles. The lowest BCUT2D eigenvalue weighted by Gasteiger charge is -2.18. The molecule has 1 atom stereocenters. The van der Waals surface area contributed by atoms with Crippen LogP contribution in [0.15, 0.2) is 99.3 Å². The Kier molecular flexibility index (Phi) is 6.23. The third-order valence-corrected chi connectivity index (χ3v) is 6.31. The van der Waals surface area contributed by atoms with Gasteiger partial charge in [-0.1, -0.05) is 53.6 Å². The minimum Gasteiger partial charge on any atom is -0.489 e. The fraction of sp³-hybridized carbons (Fsp3) is 0.154. The molecular weight excluding hydrogens is 406 g/mol. The first-order valence-electron chi connectivity index (χ1n) is 10.1. The summed E-state index contributed by atoms with van der Waals surface area (Å²) in [5.41, 5.74) is 4.11. The summed E-state index contributed by atoms with van der Waals surface area (Å²) in [6.07, 6.45) is 0. The van der Waals surface area contributed by atoms with E-state index in [-0.39, 0.29) is 0 Å². The maximum atomic E-state index is 13.2. The minimum atomic E-state index is -1.42. The summed E-state index contributed by atoms with van der Waals surface area (Å²) >= 11 is 0. The van der Waals surface area contributed by atoms with Gasteiger partial charge in [0.1, 0.15) is 23.2 Å². The Balaban J connectivity index is 1.66. The van der Waals surface area contributed by atoms with Crippen LogP contribution in [0.3, 0.4) is 0 Å². The van der Waals surface area contributed by atoms with Gasteiger partial charge in [-0.2, -0.15) is 0 Å². The fourth-order valence-corrected chi connectivity index (χ4v) is 4.23. The molecule has 1 heterocycles. The molecule has 0 radical (unpaired) electrons. The number of hydrogen-bond donors (Lipinski definition) is 0. The van der Waals surface area contributed by atoms with Gasteiger partial charge in [0.15, 0.2) is 5.09 Å². The average Bonchev–Trinajstić information content (AvgIpc) is 3.23. The van der Waals surface area contributed by atoms with Crippen LogP contribution in [0, 0.1) is 13.8 Å². The van der Waals surface area contributed by atoms with Gasteiger partial charge in [-0.3, -0.25) is 0 Å². The quantitative estimate of drug-likeness (QED) is 0.339. The monoisotopic (exact) mass is 431 g/mol. The molecule has 0 bridgehead atoms. The maximum Gasteiger partial charge on any atom is 0.207 e. The first-order valence-corrected chi connectivity index (χ1v) is 11.3. The lowest BCUT2D eigenvalue weighted by Crippen LogP contribution is -2.11. The fourth-order valence-electron chi connectivity index (χ4n) is 3.22. The van der Waals surface area contributed by atoms with Crippen molar-refractivity contribution < 1.29 is 13.4 Å². The van der Waals surface area contributed by atoms with E-state index in [1.54, 1.807) is 0 Å². The summed E-state index contributed by atoms with van der Waals surface area (Å²) in [5.74, 6) is 1.40. The van der Waals surface area contributed by atoms with Crippen LogP contribution in [0.25, 0.3) is 0 Å². The van der Waals surface area contributed by atoms with E-state index < -0.39 is 10.8 Å². The Bertz CT molecular complexity index is 1170. The molecule has 1 unspecified atom stereocenters. The van der Waals surface area contributed by atoms with Crippen LogP contribution in [0.4, 0.5) is 11.6 Å². The first kappa shape index (κ1) is 20.9. The van der Waals surface area contributed by atoms with Crippen molar-refractivity contribution in [1.82, 2.24) is 0 Å². The second-order valence-electron chi connectivity index (χ2n) is 7.47. The molecule has 31 heavy (non-hydrogen) atoms. The molecule has 5 heteroatoms. The zero-order valence-corrected chi connectivity index (χ0v) is 18.7. The molecule has 0 aliphatic carbocycles. The van der Waals surface area contributed by atoms with Crippen LogP contribution in [0.2, 0.25) is 0 Å². The van der Waals surface area contributed by atoms with Gasteiger partial charge in [0, 0.05) is 23.7 Å². The highest BCUT2D eigenvalue weighted by Gasteiger charge is 2.21. The Labute approximate surface area is 185 Å². The molecule has 0 aliphatic heterocycles. The van der Waals surface area contributed by atoms with E-state index in [0.29, 0.717) is 22.5 Å². The number of hydrogen-bond acceptors (Lipinski definition) is 4. The largest absolute Gasteiger partial charge is 0.489 e. The molecule has 4 rings (SSSR count). The van der Waals surface area contributed by atoms with Crippen molar-refractivity contribution in [2.45, 2.75) is 30.4 Å². The Morgan fingerprint density at radius 3 is 2.13 bits per heavy atom. The number of para-hydroxylation sites is 1. The minimum absolute atomic E-state index is 0.310. The molecule has 0 saturated carbocycles. The topological polar surface area (TPSA) is 42.7 Å². The normalized spacial score (nSPS) is 11.8. The number of ether oxygens (including phenoxy) is 1. The number of anilines is 2. The SMILES string of the molecule is Cc1ccc(OCc2cc(S(=O)c3ccc(C)cc3)oc2N(C)c2ccccc2)cc1. The number of aryl methyl sites for hydroxylation is 2. The van der Waals surface area contributed by atoms with Crippen LogP contribution in [-0.2, 0) is 17.4 Å². The molecule has 4 nitrogen and oxygen atoms in total. The van der Waals surface area contributed by atoms with E-state index in [2.05, 4.69) is 0 Å². The molecular formula is C26H25NO3S. The predicted molar refractivity (Wildman–Crippen MR) is 125 cm³/mol. The second-order valence-corrected chi connectivity index (χ2v) is 8.89. The Morgan fingerprint density at radius 1 is 0.871 bits per heavy atom. The van der Waals surface area contributed by atoms with Gasteiger partial charge in [0.05, 0.1) is 5.56 Å². The summed E-state index contributed by atoms with van der Waals surface area (Å²) in [6, 6.07) is 27.3. The zero-order chi connectivity index (χ0) is 21.8. The summed E-state index contributed by atoms with van der Waals surface area (Å²) in [4.78, 5) is 2.66. The van der Waals surface area contributed by atoms with Gasteiger partial charge in [-0.15, -0.1) is 0 Å². The van der Waals surface area contributed by atoms with Crippen molar-refractivity contribution >= 4 is 22.4 Å². The lowest BCUT2D eigenvalue weighted by atomic mass is 10.2. The molecule has 0 fully saturated rings. The van der Waals surface area contributed by atoms with Crippen molar-refractivity contribution in [1.29, 1.82) is 0 Å². The van der Waals surface area contributed by atoms with Gasteiger partial charge >= 0.3 is 0 Å². The summed E-state index contributed by atoms with van der Waals surface area (Å²) in [6.45, 7) is 4.36. The molecule has 158 valence electrons. The van der Waals surface area contributed by atoms with E-state index in [4.69, 9.17) is 9.15 Å². The summed E-state index contributed by atoms with van der Waals surface area (Å²) in [5, 5.41) is 0.407. The molecule has 0 amide bonds. The average molecular weight is 432 g/mol. The summed E-state index contributed by atoms with van der Waals surface area (Å²) in [7, 11) is 0.515. The molecule has 0 saturated heterocycles. The van der Waals surface area contributed by atoms with E-state index >= 15 is 0 Å². The molecule has 1 aromatic heterocycles. The Hall–Kier alpha value is -3.31. The summed E-state index contributed by atoms with van der Waals surface area (Å²) < 4.78 is 25.3. The van der Waals surface area contributed by atoms with E-state index in [0.717, 1.165) is 22.6 Å². The van der Waals surface area contributed by atoms with Crippen molar-refractivity contribution in [2.75, 3.05) is 11.9 Å². The highest BCUT2D eigenvalue weighted by molar-refractivity contribution is 7.85. The van der Waals surface area contributed by atoms with Gasteiger partial charge in [-0.05, 0) is 50.2 Å². The standard InChI is InChI=1S/C26H25NO3S/c1-19-9-13-23(14-10-19)29-18-21-17-25(31(28)24-15-11-20(2)12-16-24)30-26(21)27(3)22-7-5-4-6-8-22/h4-17H,18H2,1-3H3. The molecule has 4 aromatic rings. The van der Waals surface area contributed by atoms with E-state index in [1.165, 1.54) is 5.56 Å². The van der Waals surface area contributed by atoms with Crippen molar-refractivity contribution in [3.63, 3.8) is 0 Å². The third-order valence-electron chi connectivity index (χ3n) is 5.05. The van der Waals surface area contributed by atoms with Crippen molar-refractivity contribution in [3.8, 4) is 5.75 Å². The number of furan rings is 1. The van der Waals surface area contributed by atoms with Crippen LogP contribution in [0.1, 0.15) is 16.7 Å². The number of nitrogens with zero attached hydrogens (tertiary/aromatic N) is 1. The van der Waals surface area contributed by atoms with Gasteiger partial charge in [0.25, 0.3) is 0 Å². The van der Waals surface area contributed by atoms with Crippen LogP contribution >= 0.6 is 0 Å². The van der Waals surface area contributed by atoms with Crippen LogP contribution < -0.4 is 9.64 Å². The zero-order valence-electron chi connectivity index (χ0n) is 17.9. The van der Waals surface area contributed by atoms with Gasteiger partial charge in [-0.25, -0.2) is 4.21 Å². The van der Waals surface area contributed by atoms with Gasteiger partial charge in [0.2, 0.25) is 5.88 Å². The van der Waals surface area contributed by atoms with Crippen molar-refractivity contribution in [3.05, 3.63) is 102 Å². The first-order chi connectivity index (χ1) is 15.0. The number of benzene rings is 3. The van der Waals surface area contributed by atoms with Crippen molar-refractivity contribution in [2.24, 2.45) is 0 Å². The predicted octanol–water partition coefficient (Wildman–Crippen LogP) is 6.41. The van der Waals surface area contributed by atoms with E-state index in [9.17, 15) is 4.21 Å². The molecule has 0 spiro atoms.